The smallest absolute Gasteiger partial charge is 0.268 e. The first-order chi connectivity index (χ1) is 13.0. The maximum absolute atomic E-state index is 14.2. The van der Waals surface area contributed by atoms with Crippen LogP contribution in [0.3, 0.4) is 0 Å². The number of benzene rings is 1. The highest BCUT2D eigenvalue weighted by Gasteiger charge is 2.21. The molecular weight excluding hydrogens is 370 g/mol. The molecule has 1 aliphatic heterocycles. The number of aromatic nitrogens is 1. The number of amides is 1. The van der Waals surface area contributed by atoms with Crippen LogP contribution in [0.5, 0.6) is 0 Å². The predicted molar refractivity (Wildman–Crippen MR) is 101 cm³/mol. The lowest BCUT2D eigenvalue weighted by Gasteiger charge is -2.14. The minimum absolute atomic E-state index is 0.0512. The van der Waals surface area contributed by atoms with Gasteiger partial charge in [0.15, 0.2) is 0 Å². The van der Waals surface area contributed by atoms with Crippen LogP contribution in [-0.4, -0.2) is 29.7 Å². The van der Waals surface area contributed by atoms with Crippen molar-refractivity contribution < 1.29 is 18.3 Å². The number of hydrogen-bond acceptors (Lipinski definition) is 3. The van der Waals surface area contributed by atoms with E-state index in [1.165, 1.54) is 12.1 Å². The van der Waals surface area contributed by atoms with Crippen molar-refractivity contribution in [2.75, 3.05) is 13.2 Å². The number of ether oxygens (including phenoxy) is 1. The van der Waals surface area contributed by atoms with Gasteiger partial charge in [0.2, 0.25) is 0 Å². The molecule has 0 bridgehead atoms. The summed E-state index contributed by atoms with van der Waals surface area (Å²) in [6.07, 6.45) is 2.00. The Morgan fingerprint density at radius 3 is 2.93 bits per heavy atom. The molecule has 1 N–H and O–H groups in total. The first-order valence-corrected chi connectivity index (χ1v) is 9.76. The zero-order valence-corrected chi connectivity index (χ0v) is 15.7. The van der Waals surface area contributed by atoms with Crippen molar-refractivity contribution in [2.24, 2.45) is 0 Å². The van der Waals surface area contributed by atoms with Gasteiger partial charge in [0.05, 0.1) is 22.9 Å². The molecule has 7 heteroatoms. The second-order valence-corrected chi connectivity index (χ2v) is 8.09. The average molecular weight is 390 g/mol. The number of carbonyl (C=O) groups excluding carboxylic acids is 1. The van der Waals surface area contributed by atoms with E-state index in [-0.39, 0.29) is 18.6 Å². The highest BCUT2D eigenvalue weighted by molar-refractivity contribution is 7.19. The standard InChI is InChI=1S/C20H20F2N2O2S/c1-12-7-17-19(27-12)9-18(20(25)23-10-15-3-2-6-26-15)24(17)11-13-4-5-14(21)8-16(13)22/h4-5,7-9,15H,2-3,6,10-11H2,1H3,(H,23,25). The summed E-state index contributed by atoms with van der Waals surface area (Å²) in [4.78, 5) is 13.9. The second-order valence-electron chi connectivity index (χ2n) is 6.80. The maximum Gasteiger partial charge on any atom is 0.268 e. The molecule has 0 radical (unpaired) electrons. The van der Waals surface area contributed by atoms with Crippen LogP contribution in [0.2, 0.25) is 0 Å². The second kappa shape index (κ2) is 7.40. The van der Waals surface area contributed by atoms with E-state index >= 15 is 0 Å². The summed E-state index contributed by atoms with van der Waals surface area (Å²) in [5.74, 6) is -1.45. The fourth-order valence-electron chi connectivity index (χ4n) is 3.45. The molecule has 4 rings (SSSR count). The normalized spacial score (nSPS) is 16.9. The van der Waals surface area contributed by atoms with Gasteiger partial charge in [-0.25, -0.2) is 8.78 Å². The lowest BCUT2D eigenvalue weighted by molar-refractivity contribution is 0.0851. The zero-order chi connectivity index (χ0) is 19.0. The molecule has 2 aromatic heterocycles. The number of hydrogen-bond donors (Lipinski definition) is 1. The Morgan fingerprint density at radius 2 is 2.19 bits per heavy atom. The molecule has 3 aromatic rings. The highest BCUT2D eigenvalue weighted by atomic mass is 32.1. The molecule has 1 saturated heterocycles. The van der Waals surface area contributed by atoms with E-state index in [1.807, 2.05) is 19.1 Å². The molecule has 1 fully saturated rings. The Kier molecular flexibility index (Phi) is 4.97. The van der Waals surface area contributed by atoms with Crippen LogP contribution in [0, 0.1) is 18.6 Å². The first kappa shape index (κ1) is 18.1. The minimum Gasteiger partial charge on any atom is -0.376 e. The predicted octanol–water partition coefficient (Wildman–Crippen LogP) is 4.25. The van der Waals surface area contributed by atoms with E-state index < -0.39 is 11.6 Å². The van der Waals surface area contributed by atoms with Gasteiger partial charge in [-0.3, -0.25) is 4.79 Å². The molecule has 0 spiro atoms. The highest BCUT2D eigenvalue weighted by Crippen LogP contribution is 2.30. The van der Waals surface area contributed by atoms with Crippen molar-refractivity contribution in [3.05, 3.63) is 58.1 Å². The topological polar surface area (TPSA) is 43.3 Å². The van der Waals surface area contributed by atoms with E-state index in [9.17, 15) is 13.6 Å². The van der Waals surface area contributed by atoms with Crippen LogP contribution >= 0.6 is 11.3 Å². The molecule has 0 saturated carbocycles. The van der Waals surface area contributed by atoms with Gasteiger partial charge in [0.1, 0.15) is 17.3 Å². The molecule has 1 atom stereocenters. The third-order valence-electron chi connectivity index (χ3n) is 4.80. The Labute approximate surface area is 159 Å². The van der Waals surface area contributed by atoms with Gasteiger partial charge in [-0.1, -0.05) is 6.07 Å². The minimum atomic E-state index is -0.616. The zero-order valence-electron chi connectivity index (χ0n) is 14.9. The van der Waals surface area contributed by atoms with Gasteiger partial charge in [0.25, 0.3) is 5.91 Å². The van der Waals surface area contributed by atoms with Crippen LogP contribution in [0.4, 0.5) is 8.78 Å². The Balaban J connectivity index is 1.64. The van der Waals surface area contributed by atoms with Crippen LogP contribution in [0.25, 0.3) is 10.2 Å². The third-order valence-corrected chi connectivity index (χ3v) is 5.79. The Bertz CT molecular complexity index is 989. The van der Waals surface area contributed by atoms with Crippen LogP contribution < -0.4 is 5.32 Å². The van der Waals surface area contributed by atoms with Crippen LogP contribution in [-0.2, 0) is 11.3 Å². The molecule has 1 aliphatic rings. The molecular formula is C20H20F2N2O2S. The van der Waals surface area contributed by atoms with E-state index in [1.54, 1.807) is 15.9 Å². The first-order valence-electron chi connectivity index (χ1n) is 8.94. The number of aryl methyl sites for hydroxylation is 1. The number of halogens is 2. The summed E-state index contributed by atoms with van der Waals surface area (Å²) < 4.78 is 35.7. The third kappa shape index (κ3) is 3.75. The van der Waals surface area contributed by atoms with Gasteiger partial charge in [-0.05, 0) is 38.0 Å². The van der Waals surface area contributed by atoms with E-state index in [0.29, 0.717) is 17.8 Å². The summed E-state index contributed by atoms with van der Waals surface area (Å²) in [5.41, 5.74) is 1.69. The Hall–Kier alpha value is -2.25. The largest absolute Gasteiger partial charge is 0.376 e. The Morgan fingerprint density at radius 1 is 1.33 bits per heavy atom. The van der Waals surface area contributed by atoms with Gasteiger partial charge in [0, 0.05) is 29.7 Å². The van der Waals surface area contributed by atoms with Gasteiger partial charge in [-0.15, -0.1) is 11.3 Å². The van der Waals surface area contributed by atoms with Crippen LogP contribution in [0.1, 0.15) is 33.8 Å². The molecule has 27 heavy (non-hydrogen) atoms. The number of carbonyl (C=O) groups is 1. The summed E-state index contributed by atoms with van der Waals surface area (Å²) in [6.45, 7) is 3.34. The summed E-state index contributed by atoms with van der Waals surface area (Å²) in [7, 11) is 0. The summed E-state index contributed by atoms with van der Waals surface area (Å²) in [6, 6.07) is 7.34. The fraction of sp³-hybridized carbons (Fsp3) is 0.350. The molecule has 1 unspecified atom stereocenters. The number of nitrogens with zero attached hydrogens (tertiary/aromatic N) is 1. The van der Waals surface area contributed by atoms with Crippen molar-refractivity contribution in [1.82, 2.24) is 9.88 Å². The van der Waals surface area contributed by atoms with E-state index in [4.69, 9.17) is 4.74 Å². The molecule has 0 aliphatic carbocycles. The van der Waals surface area contributed by atoms with E-state index in [2.05, 4.69) is 5.32 Å². The summed E-state index contributed by atoms with van der Waals surface area (Å²) >= 11 is 1.59. The van der Waals surface area contributed by atoms with Crippen molar-refractivity contribution >= 4 is 27.5 Å². The van der Waals surface area contributed by atoms with Crippen molar-refractivity contribution in [3.8, 4) is 0 Å². The van der Waals surface area contributed by atoms with Gasteiger partial charge < -0.3 is 14.6 Å². The number of thiophene rings is 1. The lowest BCUT2D eigenvalue weighted by atomic mass is 10.2. The van der Waals surface area contributed by atoms with Crippen molar-refractivity contribution in [1.29, 1.82) is 0 Å². The van der Waals surface area contributed by atoms with Crippen molar-refractivity contribution in [2.45, 2.75) is 32.4 Å². The average Bonchev–Trinajstić information content (AvgIpc) is 3.32. The molecule has 1 aromatic carbocycles. The van der Waals surface area contributed by atoms with Crippen molar-refractivity contribution in [3.63, 3.8) is 0 Å². The SMILES string of the molecule is Cc1cc2c(cc(C(=O)NCC3CCCO3)n2Cc2ccc(F)cc2F)s1. The number of nitrogens with one attached hydrogen (secondary N) is 1. The molecule has 142 valence electrons. The molecule has 3 heterocycles. The lowest BCUT2D eigenvalue weighted by Crippen LogP contribution is -2.33. The molecule has 1 amide bonds. The van der Waals surface area contributed by atoms with Gasteiger partial charge >= 0.3 is 0 Å². The summed E-state index contributed by atoms with van der Waals surface area (Å²) in [5, 5.41) is 2.92. The maximum atomic E-state index is 14.2. The monoisotopic (exact) mass is 390 g/mol. The molecule has 4 nitrogen and oxygen atoms in total. The van der Waals surface area contributed by atoms with Gasteiger partial charge in [-0.2, -0.15) is 0 Å². The van der Waals surface area contributed by atoms with E-state index in [0.717, 1.165) is 40.6 Å². The number of fused-ring (bicyclic) bond motifs is 1. The quantitative estimate of drug-likeness (QED) is 0.708. The van der Waals surface area contributed by atoms with Crippen LogP contribution in [0.15, 0.2) is 30.3 Å². The fourth-order valence-corrected chi connectivity index (χ4v) is 4.41. The number of rotatable bonds is 5.